The minimum atomic E-state index is -1.36. The Balaban J connectivity index is 1.23. The number of rotatable bonds is 8. The van der Waals surface area contributed by atoms with Crippen molar-refractivity contribution in [3.05, 3.63) is 72.3 Å². The molecule has 1 fully saturated rings. The van der Waals surface area contributed by atoms with E-state index in [1.54, 1.807) is 24.3 Å². The van der Waals surface area contributed by atoms with E-state index in [0.29, 0.717) is 29.1 Å². The zero-order valence-corrected chi connectivity index (χ0v) is 20.3. The van der Waals surface area contributed by atoms with Gasteiger partial charge in [0.2, 0.25) is 0 Å². The van der Waals surface area contributed by atoms with Crippen molar-refractivity contribution in [1.29, 1.82) is 0 Å². The Morgan fingerprint density at radius 1 is 1.03 bits per heavy atom. The van der Waals surface area contributed by atoms with Crippen LogP contribution in [-0.2, 0) is 20.8 Å². The Labute approximate surface area is 221 Å². The molecule has 0 bridgehead atoms. The molecule has 0 aliphatic carbocycles. The Bertz CT molecular complexity index is 1510. The molecule has 2 aromatic carbocycles. The molecule has 3 heterocycles. The maximum absolute atomic E-state index is 12.1. The Morgan fingerprint density at radius 3 is 2.59 bits per heavy atom. The number of phenolic OH excluding ortho intramolecular Hbond substituents is 3. The lowest BCUT2D eigenvalue weighted by molar-refractivity contribution is -0.144. The number of ether oxygens (including phenoxy) is 2. The summed E-state index contributed by atoms with van der Waals surface area (Å²) in [6, 6.07) is 10.8. The number of anilines is 1. The molecule has 4 atom stereocenters. The highest BCUT2D eigenvalue weighted by Gasteiger charge is 2.45. The van der Waals surface area contributed by atoms with Crippen LogP contribution in [0.3, 0.4) is 0 Å². The second-order valence-corrected chi connectivity index (χ2v) is 8.82. The largest absolute Gasteiger partial charge is 0.508 e. The zero-order valence-electron chi connectivity index (χ0n) is 20.3. The van der Waals surface area contributed by atoms with Gasteiger partial charge >= 0.3 is 5.97 Å². The summed E-state index contributed by atoms with van der Waals surface area (Å²) in [7, 11) is 0. The van der Waals surface area contributed by atoms with Crippen molar-refractivity contribution in [2.75, 3.05) is 11.9 Å². The quantitative estimate of drug-likeness (QED) is 0.108. The first-order valence-electron chi connectivity index (χ1n) is 11.9. The number of aliphatic hydroxyl groups excluding tert-OH is 2. The van der Waals surface area contributed by atoms with E-state index in [-0.39, 0.29) is 23.9 Å². The molecule has 4 aromatic rings. The number of carbonyl (C=O) groups is 1. The van der Waals surface area contributed by atoms with Crippen LogP contribution in [0.5, 0.6) is 17.2 Å². The van der Waals surface area contributed by atoms with Crippen LogP contribution in [0.1, 0.15) is 17.4 Å². The average molecular weight is 536 g/mol. The monoisotopic (exact) mass is 535 g/mol. The molecule has 39 heavy (non-hydrogen) atoms. The summed E-state index contributed by atoms with van der Waals surface area (Å²) in [6.45, 7) is 0.0795. The predicted molar refractivity (Wildman–Crippen MR) is 136 cm³/mol. The molecule has 0 saturated carbocycles. The fourth-order valence-corrected chi connectivity index (χ4v) is 4.08. The lowest BCUT2D eigenvalue weighted by Gasteiger charge is -2.16. The van der Waals surface area contributed by atoms with Crippen LogP contribution in [-0.4, -0.2) is 75.9 Å². The van der Waals surface area contributed by atoms with Crippen molar-refractivity contribution in [2.45, 2.75) is 31.1 Å². The summed E-state index contributed by atoms with van der Waals surface area (Å²) in [5, 5.41) is 52.7. The van der Waals surface area contributed by atoms with Crippen LogP contribution < -0.4 is 5.32 Å². The van der Waals surface area contributed by atoms with Crippen molar-refractivity contribution < 1.29 is 39.8 Å². The van der Waals surface area contributed by atoms with Crippen LogP contribution in [0.4, 0.5) is 5.82 Å². The maximum Gasteiger partial charge on any atom is 0.330 e. The minimum Gasteiger partial charge on any atom is -0.508 e. The van der Waals surface area contributed by atoms with Gasteiger partial charge in [0, 0.05) is 12.6 Å². The summed E-state index contributed by atoms with van der Waals surface area (Å²) >= 11 is 0. The molecular weight excluding hydrogens is 510 g/mol. The molecule has 0 spiro atoms. The summed E-state index contributed by atoms with van der Waals surface area (Å²) in [5.74, 6) is -0.737. The van der Waals surface area contributed by atoms with Gasteiger partial charge in [0.25, 0.3) is 0 Å². The van der Waals surface area contributed by atoms with Gasteiger partial charge in [-0.3, -0.25) is 4.57 Å². The number of hydrogen-bond donors (Lipinski definition) is 6. The highest BCUT2D eigenvalue weighted by molar-refractivity contribution is 5.87. The molecule has 2 aromatic heterocycles. The number of hydrogen-bond acceptors (Lipinski definition) is 12. The number of phenols is 3. The van der Waals surface area contributed by atoms with Gasteiger partial charge in [0.1, 0.15) is 37.0 Å². The van der Waals surface area contributed by atoms with Gasteiger partial charge in [-0.05, 0) is 41.5 Å². The fourth-order valence-electron chi connectivity index (χ4n) is 4.08. The second-order valence-electron chi connectivity index (χ2n) is 8.82. The van der Waals surface area contributed by atoms with Crippen molar-refractivity contribution in [3.63, 3.8) is 0 Å². The van der Waals surface area contributed by atoms with Crippen LogP contribution in [0.25, 0.3) is 17.2 Å². The number of esters is 1. The smallest absolute Gasteiger partial charge is 0.330 e. The third-order valence-corrected chi connectivity index (χ3v) is 6.17. The molecule has 5 rings (SSSR count). The van der Waals surface area contributed by atoms with Crippen molar-refractivity contribution >= 4 is 29.0 Å². The minimum absolute atomic E-state index is 0.166. The number of fused-ring (bicyclic) bond motifs is 1. The molecular formula is C26H25N5O8. The number of aromatic hydroxyl groups is 3. The van der Waals surface area contributed by atoms with Gasteiger partial charge in [0.05, 0.1) is 6.33 Å². The highest BCUT2D eigenvalue weighted by Crippen LogP contribution is 2.32. The van der Waals surface area contributed by atoms with E-state index >= 15 is 0 Å². The molecule has 0 unspecified atom stereocenters. The SMILES string of the molecule is O=C(C=Cc1ccc(O)c(O)c1)OC[C@H]1O[C@@H](n2cnc3c(NCc4ccc(O)cc4)ncnc32)[C@H](O)[C@@H]1O. The highest BCUT2D eigenvalue weighted by atomic mass is 16.6. The summed E-state index contributed by atoms with van der Waals surface area (Å²) < 4.78 is 12.4. The van der Waals surface area contributed by atoms with Gasteiger partial charge in [-0.25, -0.2) is 19.7 Å². The molecule has 1 saturated heterocycles. The van der Waals surface area contributed by atoms with E-state index < -0.39 is 30.5 Å². The number of aromatic nitrogens is 4. The number of benzene rings is 2. The van der Waals surface area contributed by atoms with E-state index in [1.165, 1.54) is 41.5 Å². The fraction of sp³-hybridized carbons (Fsp3) is 0.231. The summed E-state index contributed by atoms with van der Waals surface area (Å²) in [6.07, 6.45) is 0.462. The van der Waals surface area contributed by atoms with Crippen molar-refractivity contribution in [3.8, 4) is 17.2 Å². The molecule has 202 valence electrons. The molecule has 13 nitrogen and oxygen atoms in total. The molecule has 0 amide bonds. The normalized spacial score (nSPS) is 21.0. The Hall–Kier alpha value is -4.72. The van der Waals surface area contributed by atoms with Gasteiger partial charge in [-0.2, -0.15) is 0 Å². The van der Waals surface area contributed by atoms with E-state index in [1.807, 2.05) is 0 Å². The zero-order chi connectivity index (χ0) is 27.5. The number of carbonyl (C=O) groups excluding carboxylic acids is 1. The molecule has 0 radical (unpaired) electrons. The first-order valence-corrected chi connectivity index (χ1v) is 11.9. The van der Waals surface area contributed by atoms with Crippen LogP contribution >= 0.6 is 0 Å². The summed E-state index contributed by atoms with van der Waals surface area (Å²) in [4.78, 5) is 25.0. The molecule has 6 N–H and O–H groups in total. The predicted octanol–water partition coefficient (Wildman–Crippen LogP) is 1.43. The van der Waals surface area contributed by atoms with Gasteiger partial charge in [-0.1, -0.05) is 18.2 Å². The number of nitrogens with one attached hydrogen (secondary N) is 1. The number of aliphatic hydroxyl groups is 2. The lowest BCUT2D eigenvalue weighted by Crippen LogP contribution is -2.34. The Morgan fingerprint density at radius 2 is 1.82 bits per heavy atom. The van der Waals surface area contributed by atoms with Crippen molar-refractivity contribution in [1.82, 2.24) is 19.5 Å². The van der Waals surface area contributed by atoms with Crippen LogP contribution in [0.15, 0.2) is 61.2 Å². The maximum atomic E-state index is 12.1. The van der Waals surface area contributed by atoms with Crippen molar-refractivity contribution in [2.24, 2.45) is 0 Å². The lowest BCUT2D eigenvalue weighted by atomic mass is 10.1. The van der Waals surface area contributed by atoms with Gasteiger partial charge < -0.3 is 40.3 Å². The second kappa shape index (κ2) is 10.9. The topological polar surface area (TPSA) is 192 Å². The Kier molecular flexibility index (Phi) is 7.27. The standard InChI is InChI=1S/C26H25N5O8/c32-16-5-1-15(2-6-16)10-27-24-21-25(29-12-28-24)31(13-30-21)26-23(37)22(36)19(39-26)11-38-20(35)8-4-14-3-7-17(33)18(34)9-14/h1-9,12-13,19,22-23,26,32-34,36-37H,10-11H2,(H,27,28,29)/t19-,22-,23-,26-/m1/s1. The van der Waals surface area contributed by atoms with Gasteiger partial charge in [0.15, 0.2) is 34.7 Å². The van der Waals surface area contributed by atoms with Gasteiger partial charge in [-0.15, -0.1) is 0 Å². The van der Waals surface area contributed by atoms with E-state index in [2.05, 4.69) is 20.3 Å². The van der Waals surface area contributed by atoms with Crippen LogP contribution in [0.2, 0.25) is 0 Å². The molecule has 1 aliphatic rings. The third-order valence-electron chi connectivity index (χ3n) is 6.17. The van der Waals surface area contributed by atoms with Crippen LogP contribution in [0, 0.1) is 0 Å². The average Bonchev–Trinajstić information content (AvgIpc) is 3.48. The molecule has 13 heteroatoms. The first-order chi connectivity index (χ1) is 18.8. The molecule has 1 aliphatic heterocycles. The van der Waals surface area contributed by atoms with E-state index in [4.69, 9.17) is 9.47 Å². The van der Waals surface area contributed by atoms with E-state index in [9.17, 15) is 30.3 Å². The first kappa shape index (κ1) is 25.9. The number of imidazole rings is 1. The van der Waals surface area contributed by atoms with E-state index in [0.717, 1.165) is 11.6 Å². The summed E-state index contributed by atoms with van der Waals surface area (Å²) in [5.41, 5.74) is 2.14. The third kappa shape index (κ3) is 5.60. The number of nitrogens with zero attached hydrogens (tertiary/aromatic N) is 4.